The van der Waals surface area contributed by atoms with E-state index in [0.29, 0.717) is 5.82 Å². The molecule has 104 valence electrons. The number of hydrogen-bond donors (Lipinski definition) is 3. The van der Waals surface area contributed by atoms with Gasteiger partial charge in [0.2, 0.25) is 5.95 Å². The molecule has 2 heterocycles. The van der Waals surface area contributed by atoms with Crippen LogP contribution in [0.5, 0.6) is 0 Å². The van der Waals surface area contributed by atoms with Gasteiger partial charge in [-0.1, -0.05) is 30.3 Å². The third-order valence-electron chi connectivity index (χ3n) is 3.41. The van der Waals surface area contributed by atoms with E-state index in [4.69, 9.17) is 11.5 Å². The van der Waals surface area contributed by atoms with Crippen molar-refractivity contribution in [3.63, 3.8) is 0 Å². The topological polar surface area (TPSA) is 93.1 Å². The number of anilines is 3. The predicted octanol–water partition coefficient (Wildman–Crippen LogP) is 0.718. The van der Waals surface area contributed by atoms with Crippen LogP contribution in [0.1, 0.15) is 0 Å². The van der Waals surface area contributed by atoms with Crippen molar-refractivity contribution < 1.29 is 0 Å². The molecule has 0 saturated carbocycles. The number of benzene rings is 1. The fraction of sp³-hybridized carbons (Fsp3) is 0.286. The van der Waals surface area contributed by atoms with E-state index in [0.717, 1.165) is 43.1 Å². The quantitative estimate of drug-likeness (QED) is 0.744. The zero-order valence-corrected chi connectivity index (χ0v) is 11.2. The maximum absolute atomic E-state index is 6.10. The van der Waals surface area contributed by atoms with Crippen LogP contribution >= 0.6 is 0 Å². The highest BCUT2D eigenvalue weighted by Gasteiger charge is 2.20. The van der Waals surface area contributed by atoms with Gasteiger partial charge in [-0.2, -0.15) is 4.98 Å². The number of aromatic nitrogens is 2. The first-order valence-corrected chi connectivity index (χ1v) is 6.70. The van der Waals surface area contributed by atoms with Gasteiger partial charge in [-0.15, -0.1) is 0 Å². The fourth-order valence-electron chi connectivity index (χ4n) is 2.49. The molecule has 6 nitrogen and oxygen atoms in total. The summed E-state index contributed by atoms with van der Waals surface area (Å²) in [6, 6.07) is 9.94. The van der Waals surface area contributed by atoms with Crippen molar-refractivity contribution in [2.45, 2.75) is 0 Å². The fourth-order valence-corrected chi connectivity index (χ4v) is 2.49. The Balaban J connectivity index is 2.12. The van der Waals surface area contributed by atoms with Crippen LogP contribution in [0.4, 0.5) is 17.5 Å². The second-order valence-electron chi connectivity index (χ2n) is 4.77. The molecule has 20 heavy (non-hydrogen) atoms. The molecule has 1 aliphatic rings. The van der Waals surface area contributed by atoms with Crippen LogP contribution in [0, 0.1) is 0 Å². The van der Waals surface area contributed by atoms with E-state index < -0.39 is 0 Å². The molecule has 0 atom stereocenters. The van der Waals surface area contributed by atoms with Crippen LogP contribution in [-0.4, -0.2) is 36.1 Å². The van der Waals surface area contributed by atoms with E-state index in [9.17, 15) is 0 Å². The second kappa shape index (κ2) is 5.34. The Morgan fingerprint density at radius 2 is 1.70 bits per heavy atom. The predicted molar refractivity (Wildman–Crippen MR) is 81.4 cm³/mol. The summed E-state index contributed by atoms with van der Waals surface area (Å²) >= 11 is 0. The van der Waals surface area contributed by atoms with Crippen molar-refractivity contribution in [1.82, 2.24) is 15.3 Å². The molecule has 2 aromatic rings. The van der Waals surface area contributed by atoms with Crippen molar-refractivity contribution in [2.24, 2.45) is 0 Å². The van der Waals surface area contributed by atoms with Crippen molar-refractivity contribution in [3.8, 4) is 11.3 Å². The molecule has 0 spiro atoms. The van der Waals surface area contributed by atoms with Crippen LogP contribution in [0.15, 0.2) is 30.3 Å². The highest BCUT2D eigenvalue weighted by Crippen LogP contribution is 2.33. The molecule has 1 fully saturated rings. The van der Waals surface area contributed by atoms with E-state index in [-0.39, 0.29) is 5.95 Å². The van der Waals surface area contributed by atoms with Crippen molar-refractivity contribution in [3.05, 3.63) is 30.3 Å². The monoisotopic (exact) mass is 270 g/mol. The SMILES string of the molecule is Nc1nc(N)c(N2CCNCC2)c(-c2ccccc2)n1. The van der Waals surface area contributed by atoms with Crippen LogP contribution in [0.3, 0.4) is 0 Å². The van der Waals surface area contributed by atoms with Crippen molar-refractivity contribution in [1.29, 1.82) is 0 Å². The second-order valence-corrected chi connectivity index (χ2v) is 4.77. The average molecular weight is 270 g/mol. The van der Waals surface area contributed by atoms with E-state index in [1.54, 1.807) is 0 Å². The summed E-state index contributed by atoms with van der Waals surface area (Å²) in [7, 11) is 0. The molecule has 6 heteroatoms. The van der Waals surface area contributed by atoms with Gasteiger partial charge in [0.05, 0.1) is 0 Å². The van der Waals surface area contributed by atoms with Gasteiger partial charge in [-0.05, 0) is 0 Å². The summed E-state index contributed by atoms with van der Waals surface area (Å²) in [5, 5.41) is 3.33. The van der Waals surface area contributed by atoms with Gasteiger partial charge in [0, 0.05) is 31.7 Å². The van der Waals surface area contributed by atoms with E-state index in [1.807, 2.05) is 30.3 Å². The normalized spacial score (nSPS) is 15.3. The van der Waals surface area contributed by atoms with Gasteiger partial charge in [0.1, 0.15) is 11.4 Å². The number of nitrogens with one attached hydrogen (secondary N) is 1. The Kier molecular flexibility index (Phi) is 3.39. The minimum absolute atomic E-state index is 0.209. The maximum Gasteiger partial charge on any atom is 0.222 e. The highest BCUT2D eigenvalue weighted by atomic mass is 15.2. The molecular formula is C14H18N6. The maximum atomic E-state index is 6.10. The van der Waals surface area contributed by atoms with Gasteiger partial charge >= 0.3 is 0 Å². The van der Waals surface area contributed by atoms with Gasteiger partial charge in [-0.25, -0.2) is 4.98 Å². The third-order valence-corrected chi connectivity index (χ3v) is 3.41. The lowest BCUT2D eigenvalue weighted by molar-refractivity contribution is 0.589. The lowest BCUT2D eigenvalue weighted by Gasteiger charge is -2.31. The van der Waals surface area contributed by atoms with Gasteiger partial charge in [-0.3, -0.25) is 0 Å². The highest BCUT2D eigenvalue weighted by molar-refractivity contribution is 5.83. The first-order valence-electron chi connectivity index (χ1n) is 6.70. The van der Waals surface area contributed by atoms with Crippen LogP contribution in [0.25, 0.3) is 11.3 Å². The van der Waals surface area contributed by atoms with Crippen molar-refractivity contribution >= 4 is 17.5 Å². The summed E-state index contributed by atoms with van der Waals surface area (Å²) < 4.78 is 0. The molecule has 0 aliphatic carbocycles. The molecule has 0 amide bonds. The Morgan fingerprint density at radius 3 is 2.40 bits per heavy atom. The third kappa shape index (κ3) is 2.37. The van der Waals surface area contributed by atoms with Gasteiger partial charge < -0.3 is 21.7 Å². The zero-order chi connectivity index (χ0) is 13.9. The Hall–Kier alpha value is -2.34. The number of nitrogen functional groups attached to an aromatic ring is 2. The number of piperazine rings is 1. The first-order chi connectivity index (χ1) is 9.75. The van der Waals surface area contributed by atoms with E-state index >= 15 is 0 Å². The largest absolute Gasteiger partial charge is 0.382 e. The van der Waals surface area contributed by atoms with E-state index in [2.05, 4.69) is 20.2 Å². The summed E-state index contributed by atoms with van der Waals surface area (Å²) in [4.78, 5) is 10.7. The molecule has 1 aromatic heterocycles. The molecule has 1 aromatic carbocycles. The molecule has 0 bridgehead atoms. The summed E-state index contributed by atoms with van der Waals surface area (Å²) in [5.41, 5.74) is 14.5. The van der Waals surface area contributed by atoms with Crippen LogP contribution in [0.2, 0.25) is 0 Å². The molecule has 1 saturated heterocycles. The Labute approximate surface area is 117 Å². The van der Waals surface area contributed by atoms with Gasteiger partial charge in [0.25, 0.3) is 0 Å². The van der Waals surface area contributed by atoms with Crippen molar-refractivity contribution in [2.75, 3.05) is 42.5 Å². The minimum Gasteiger partial charge on any atom is -0.382 e. The summed E-state index contributed by atoms with van der Waals surface area (Å²) in [5.74, 6) is 0.651. The number of nitrogens with two attached hydrogens (primary N) is 2. The van der Waals surface area contributed by atoms with Crippen LogP contribution < -0.4 is 21.7 Å². The Morgan fingerprint density at radius 1 is 1.00 bits per heavy atom. The molecule has 5 N–H and O–H groups in total. The smallest absolute Gasteiger partial charge is 0.222 e. The number of rotatable bonds is 2. The molecule has 0 radical (unpaired) electrons. The molecule has 0 unspecified atom stereocenters. The molecular weight excluding hydrogens is 252 g/mol. The van der Waals surface area contributed by atoms with E-state index in [1.165, 1.54) is 0 Å². The molecule has 3 rings (SSSR count). The lowest BCUT2D eigenvalue weighted by Crippen LogP contribution is -2.44. The minimum atomic E-state index is 0.209. The number of nitrogens with zero attached hydrogens (tertiary/aromatic N) is 3. The first kappa shape index (κ1) is 12.7. The lowest BCUT2D eigenvalue weighted by atomic mass is 10.1. The molecule has 1 aliphatic heterocycles. The summed E-state index contributed by atoms with van der Waals surface area (Å²) in [6.07, 6.45) is 0. The zero-order valence-electron chi connectivity index (χ0n) is 11.2. The van der Waals surface area contributed by atoms with Crippen LogP contribution in [-0.2, 0) is 0 Å². The average Bonchev–Trinajstić information content (AvgIpc) is 2.48. The number of hydrogen-bond acceptors (Lipinski definition) is 6. The Bertz CT molecular complexity index is 592. The summed E-state index contributed by atoms with van der Waals surface area (Å²) in [6.45, 7) is 3.63. The van der Waals surface area contributed by atoms with Gasteiger partial charge in [0.15, 0.2) is 5.82 Å². The standard InChI is InChI=1S/C14H18N6/c15-13-12(20-8-6-17-7-9-20)11(18-14(16)19-13)10-4-2-1-3-5-10/h1-5,17H,6-9H2,(H4,15,16,18,19).